The predicted octanol–water partition coefficient (Wildman–Crippen LogP) is 5.07. The molecule has 0 aromatic carbocycles. The lowest BCUT2D eigenvalue weighted by atomic mass is 10.3. The van der Waals surface area contributed by atoms with Gasteiger partial charge in [-0.15, -0.1) is 23.2 Å². The Kier molecular flexibility index (Phi) is 5.92. The first-order valence-electron chi connectivity index (χ1n) is 3.89. The van der Waals surface area contributed by atoms with Gasteiger partial charge in [0.05, 0.1) is 0 Å². The minimum absolute atomic E-state index is 3.10. The van der Waals surface area contributed by atoms with Crippen molar-refractivity contribution in [3.63, 3.8) is 0 Å². The zero-order chi connectivity index (χ0) is 15.9. The molecule has 4 unspecified atom stereocenters. The molecular weight excluding hydrogens is 382 g/mol. The van der Waals surface area contributed by atoms with Crippen LogP contribution in [0, 0.1) is 0 Å². The average Bonchev–Trinajstić information content (AvgIpc) is 2.10. The van der Waals surface area contributed by atoms with E-state index in [9.17, 15) is 35.1 Å². The monoisotopic (exact) mass is 382 g/mol. The molecule has 0 heterocycles. The number of hydrogen-bond donors (Lipinski definition) is 0. The van der Waals surface area contributed by atoms with Crippen molar-refractivity contribution in [1.29, 1.82) is 0 Å². The highest BCUT2D eigenvalue weighted by Gasteiger charge is 2.62. The molecule has 0 fully saturated rings. The summed E-state index contributed by atoms with van der Waals surface area (Å²) in [5.41, 5.74) is 0. The highest BCUT2D eigenvalue weighted by molar-refractivity contribution is 6.33. The molecule has 0 N–H and O–H groups in total. The largest absolute Gasteiger partial charge is 0.411 e. The lowest BCUT2D eigenvalue weighted by Crippen LogP contribution is -2.51. The maximum absolute atomic E-state index is 13.2. The van der Waals surface area contributed by atoms with Crippen molar-refractivity contribution in [2.75, 3.05) is 0 Å². The molecule has 0 aliphatic carbocycles. The van der Waals surface area contributed by atoms with E-state index < -0.39 is 33.7 Å². The summed E-state index contributed by atoms with van der Waals surface area (Å²) in [6.07, 6.45) is -11.1. The molecule has 19 heavy (non-hydrogen) atoms. The van der Waals surface area contributed by atoms with Crippen LogP contribution < -0.4 is 0 Å². The quantitative estimate of drug-likeness (QED) is 0.486. The molecule has 116 valence electrons. The highest BCUT2D eigenvalue weighted by atomic mass is 35.5. The van der Waals surface area contributed by atoms with Gasteiger partial charge in [-0.2, -0.15) is 35.1 Å². The molecule has 0 aliphatic heterocycles. The van der Waals surface area contributed by atoms with E-state index in [0.29, 0.717) is 0 Å². The van der Waals surface area contributed by atoms with E-state index >= 15 is 0 Å². The summed E-state index contributed by atoms with van der Waals surface area (Å²) in [7, 11) is 0. The summed E-state index contributed by atoms with van der Waals surface area (Å²) in [6, 6.07) is 0. The van der Waals surface area contributed by atoms with Crippen LogP contribution in [0.3, 0.4) is 0 Å². The number of halogens is 12. The third kappa shape index (κ3) is 5.45. The van der Waals surface area contributed by atoms with Crippen LogP contribution >= 0.6 is 46.4 Å². The molecule has 0 rings (SSSR count). The van der Waals surface area contributed by atoms with Gasteiger partial charge in [0, 0.05) is 0 Å². The van der Waals surface area contributed by atoms with Gasteiger partial charge >= 0.3 is 23.0 Å². The van der Waals surface area contributed by atoms with E-state index in [1.165, 1.54) is 0 Å². The molecule has 0 aromatic rings. The molecule has 0 radical (unpaired) electrons. The maximum Gasteiger partial charge on any atom is 0.411 e. The van der Waals surface area contributed by atoms with E-state index in [2.05, 4.69) is 51.1 Å². The zero-order valence-corrected chi connectivity index (χ0v) is 11.1. The Morgan fingerprint density at radius 1 is 0.632 bits per heavy atom. The van der Waals surface area contributed by atoms with Crippen LogP contribution in [-0.2, 0) is 4.74 Å². The summed E-state index contributed by atoms with van der Waals surface area (Å²) in [4.78, 5) is 0. The van der Waals surface area contributed by atoms with Crippen LogP contribution in [0.5, 0.6) is 0 Å². The van der Waals surface area contributed by atoms with Gasteiger partial charge in [0.25, 0.3) is 0 Å². The van der Waals surface area contributed by atoms with Crippen molar-refractivity contribution < 1.29 is 39.9 Å². The second-order valence-electron chi connectivity index (χ2n) is 3.03. The van der Waals surface area contributed by atoms with Gasteiger partial charge < -0.3 is 0 Å². The average molecular weight is 384 g/mol. The number of ether oxygens (including phenoxy) is 1. The van der Waals surface area contributed by atoms with Crippen molar-refractivity contribution in [2.24, 2.45) is 0 Å². The molecule has 0 saturated carbocycles. The van der Waals surface area contributed by atoms with Gasteiger partial charge in [-0.05, 0) is 23.2 Å². The summed E-state index contributed by atoms with van der Waals surface area (Å²) < 4.78 is 101. The normalized spacial score (nSPS) is 23.4. The second kappa shape index (κ2) is 5.75. The van der Waals surface area contributed by atoms with Crippen LogP contribution in [0.2, 0.25) is 0 Å². The zero-order valence-electron chi connectivity index (χ0n) is 8.10. The Morgan fingerprint density at radius 3 is 1.00 bits per heavy atom. The molecule has 0 bridgehead atoms. The van der Waals surface area contributed by atoms with E-state index in [0.717, 1.165) is 0 Å². The Labute approximate surface area is 120 Å². The third-order valence-corrected chi connectivity index (χ3v) is 3.31. The first-order valence-corrected chi connectivity index (χ1v) is 5.52. The van der Waals surface area contributed by atoms with Gasteiger partial charge in [0.2, 0.25) is 10.8 Å². The summed E-state index contributed by atoms with van der Waals surface area (Å²) >= 11 is 17.9. The van der Waals surface area contributed by atoms with Crippen LogP contribution in [0.1, 0.15) is 0 Å². The van der Waals surface area contributed by atoms with Crippen LogP contribution in [0.25, 0.3) is 0 Å². The van der Waals surface area contributed by atoms with E-state index in [-0.39, 0.29) is 0 Å². The van der Waals surface area contributed by atoms with Crippen molar-refractivity contribution in [3.8, 4) is 0 Å². The Morgan fingerprint density at radius 2 is 0.842 bits per heavy atom. The molecule has 1 nitrogen and oxygen atoms in total. The lowest BCUT2D eigenvalue weighted by Gasteiger charge is -2.32. The fourth-order valence-corrected chi connectivity index (χ4v) is 1.27. The first kappa shape index (κ1) is 19.6. The summed E-state index contributed by atoms with van der Waals surface area (Å²) in [6.45, 7) is 0. The van der Waals surface area contributed by atoms with Gasteiger partial charge in [0.1, 0.15) is 0 Å². The molecular formula is C6H2Cl4F8O. The molecule has 0 amide bonds. The minimum atomic E-state index is -5.54. The smallest absolute Gasteiger partial charge is 0.280 e. The van der Waals surface area contributed by atoms with Gasteiger partial charge in [-0.3, -0.25) is 4.74 Å². The maximum atomic E-state index is 13.2. The SMILES string of the molecule is FC(F)(F)C(Cl)C(F)(Cl)OC(F)(Cl)C(Cl)C(F)(F)F. The second-order valence-corrected chi connectivity index (χ2v) is 4.94. The standard InChI is InChI=1S/C6H2Cl4F8O/c7-1(5(13,14)15)3(9,11)19-4(10,12)2(8)6(16,17)18/h1-2H. The molecule has 0 spiro atoms. The number of alkyl halides is 12. The molecule has 0 aromatic heterocycles. The molecule has 0 aliphatic rings. The highest BCUT2D eigenvalue weighted by Crippen LogP contribution is 2.47. The topological polar surface area (TPSA) is 9.23 Å². The fraction of sp³-hybridized carbons (Fsp3) is 1.00. The summed E-state index contributed by atoms with van der Waals surface area (Å²) in [5, 5.41) is -16.6. The van der Waals surface area contributed by atoms with Gasteiger partial charge in [-0.25, -0.2) is 0 Å². The molecule has 4 atom stereocenters. The van der Waals surface area contributed by atoms with Crippen LogP contribution in [0.4, 0.5) is 35.1 Å². The first-order chi connectivity index (χ1) is 8.02. The number of hydrogen-bond acceptors (Lipinski definition) is 1. The van der Waals surface area contributed by atoms with Gasteiger partial charge in [0.15, 0.2) is 0 Å². The Bertz CT molecular complexity index is 283. The summed E-state index contributed by atoms with van der Waals surface area (Å²) in [5.74, 6) is 0. The van der Waals surface area contributed by atoms with E-state index in [1.807, 2.05) is 0 Å². The number of rotatable bonds is 4. The third-order valence-electron chi connectivity index (χ3n) is 1.44. The lowest BCUT2D eigenvalue weighted by molar-refractivity contribution is -0.263. The minimum Gasteiger partial charge on any atom is -0.280 e. The Balaban J connectivity index is 5.11. The van der Waals surface area contributed by atoms with Crippen LogP contribution in [0.15, 0.2) is 0 Å². The van der Waals surface area contributed by atoms with E-state index in [1.54, 1.807) is 0 Å². The van der Waals surface area contributed by atoms with E-state index in [4.69, 9.17) is 0 Å². The van der Waals surface area contributed by atoms with Crippen molar-refractivity contribution in [3.05, 3.63) is 0 Å². The molecule has 0 saturated heterocycles. The van der Waals surface area contributed by atoms with Crippen molar-refractivity contribution >= 4 is 46.4 Å². The van der Waals surface area contributed by atoms with Gasteiger partial charge in [-0.1, -0.05) is 0 Å². The van der Waals surface area contributed by atoms with Crippen molar-refractivity contribution in [1.82, 2.24) is 0 Å². The fourth-order valence-electron chi connectivity index (χ4n) is 0.666. The Hall–Kier alpha value is 0.560. The van der Waals surface area contributed by atoms with Crippen LogP contribution in [-0.4, -0.2) is 33.7 Å². The van der Waals surface area contributed by atoms with Crippen molar-refractivity contribution in [2.45, 2.75) is 33.7 Å². The predicted molar refractivity (Wildman–Crippen MR) is 51.9 cm³/mol. The molecule has 13 heteroatoms.